The van der Waals surface area contributed by atoms with Crippen LogP contribution in [0.5, 0.6) is 0 Å². The predicted octanol–water partition coefficient (Wildman–Crippen LogP) is 1.27. The number of aromatic nitrogens is 2. The summed E-state index contributed by atoms with van der Waals surface area (Å²) in [6.07, 6.45) is 4.73. The van der Waals surface area contributed by atoms with Crippen LogP contribution in [0.25, 0.3) is 0 Å². The first-order chi connectivity index (χ1) is 9.92. The number of imidazole rings is 1. The molecule has 2 heterocycles. The van der Waals surface area contributed by atoms with Crippen molar-refractivity contribution in [3.8, 4) is 0 Å². The van der Waals surface area contributed by atoms with Gasteiger partial charge in [0.05, 0.1) is 0 Å². The van der Waals surface area contributed by atoms with Crippen LogP contribution in [0.15, 0.2) is 11.2 Å². The van der Waals surface area contributed by atoms with Crippen molar-refractivity contribution >= 4 is 10.0 Å². The van der Waals surface area contributed by atoms with Gasteiger partial charge in [0.2, 0.25) is 0 Å². The van der Waals surface area contributed by atoms with Gasteiger partial charge >= 0.3 is 0 Å². The topological polar surface area (TPSA) is 76.0 Å². The summed E-state index contributed by atoms with van der Waals surface area (Å²) in [5, 5.41) is 3.51. The molecule has 0 saturated carbocycles. The van der Waals surface area contributed by atoms with E-state index in [4.69, 9.17) is 0 Å². The molecule has 2 unspecified atom stereocenters. The minimum absolute atomic E-state index is 0.130. The van der Waals surface area contributed by atoms with Crippen LogP contribution < -0.4 is 10.0 Å². The molecule has 0 amide bonds. The Morgan fingerprint density at radius 1 is 1.48 bits per heavy atom. The highest BCUT2D eigenvalue weighted by Crippen LogP contribution is 2.15. The summed E-state index contributed by atoms with van der Waals surface area (Å²) in [6, 6.07) is 0.533. The zero-order valence-electron chi connectivity index (χ0n) is 13.1. The molecule has 0 spiro atoms. The number of nitrogens with one attached hydrogen (secondary N) is 2. The van der Waals surface area contributed by atoms with Gasteiger partial charge in [0, 0.05) is 25.3 Å². The van der Waals surface area contributed by atoms with Gasteiger partial charge in [0.25, 0.3) is 10.0 Å². The molecule has 2 rings (SSSR count). The Kier molecular flexibility index (Phi) is 5.40. The van der Waals surface area contributed by atoms with Gasteiger partial charge in [-0.15, -0.1) is 0 Å². The minimum atomic E-state index is -3.50. The van der Waals surface area contributed by atoms with E-state index >= 15 is 0 Å². The Labute approximate surface area is 127 Å². The van der Waals surface area contributed by atoms with Crippen LogP contribution in [-0.2, 0) is 16.6 Å². The van der Waals surface area contributed by atoms with Gasteiger partial charge in [-0.1, -0.05) is 6.92 Å². The second kappa shape index (κ2) is 6.89. The number of rotatable bonds is 6. The van der Waals surface area contributed by atoms with Crippen LogP contribution in [0.1, 0.15) is 38.9 Å². The van der Waals surface area contributed by atoms with Crippen molar-refractivity contribution in [1.82, 2.24) is 19.6 Å². The van der Waals surface area contributed by atoms with E-state index < -0.39 is 10.0 Å². The van der Waals surface area contributed by atoms with Crippen LogP contribution >= 0.6 is 0 Å². The summed E-state index contributed by atoms with van der Waals surface area (Å²) in [6.45, 7) is 8.18. The van der Waals surface area contributed by atoms with Gasteiger partial charge in [0.1, 0.15) is 5.82 Å². The first-order valence-electron chi connectivity index (χ1n) is 7.69. The van der Waals surface area contributed by atoms with Crippen molar-refractivity contribution in [3.05, 3.63) is 12.0 Å². The maximum Gasteiger partial charge on any atom is 0.259 e. The fraction of sp³-hybridized carbons (Fsp3) is 0.786. The molecule has 1 aromatic rings. The zero-order chi connectivity index (χ0) is 15.5. The number of nitrogens with zero attached hydrogens (tertiary/aromatic N) is 2. The van der Waals surface area contributed by atoms with Gasteiger partial charge in [0.15, 0.2) is 5.03 Å². The second-order valence-corrected chi connectivity index (χ2v) is 7.64. The molecule has 1 aromatic heterocycles. The van der Waals surface area contributed by atoms with Gasteiger partial charge < -0.3 is 9.88 Å². The van der Waals surface area contributed by atoms with Gasteiger partial charge in [-0.25, -0.2) is 18.1 Å². The Hall–Kier alpha value is -0.920. The van der Waals surface area contributed by atoms with Crippen LogP contribution in [0.3, 0.4) is 0 Å². The number of aryl methyl sites for hydroxylation is 2. The number of hydrogen-bond acceptors (Lipinski definition) is 4. The van der Waals surface area contributed by atoms with E-state index in [9.17, 15) is 8.42 Å². The van der Waals surface area contributed by atoms with E-state index in [-0.39, 0.29) is 5.03 Å². The van der Waals surface area contributed by atoms with Gasteiger partial charge in [-0.2, -0.15) is 0 Å². The molecule has 7 heteroatoms. The van der Waals surface area contributed by atoms with E-state index in [1.54, 1.807) is 6.20 Å². The molecule has 120 valence electrons. The Morgan fingerprint density at radius 2 is 2.24 bits per heavy atom. The standard InChI is InChI=1S/C14H26N4O2S/c1-4-7-18-10-14(17-12(18)3)21(19,20)16-9-13-6-5-11(2)15-8-13/h10-11,13,15-16H,4-9H2,1-3H3. The van der Waals surface area contributed by atoms with Crippen LogP contribution in [-0.4, -0.2) is 37.1 Å². The summed E-state index contributed by atoms with van der Waals surface area (Å²) in [4.78, 5) is 4.17. The molecule has 0 radical (unpaired) electrons. The van der Waals surface area contributed by atoms with Gasteiger partial charge in [-0.3, -0.25) is 0 Å². The lowest BCUT2D eigenvalue weighted by molar-refractivity contribution is 0.323. The monoisotopic (exact) mass is 314 g/mol. The SMILES string of the molecule is CCCn1cc(S(=O)(=O)NCC2CCC(C)NC2)nc1C. The number of sulfonamides is 1. The van der Waals surface area contributed by atoms with Crippen molar-refractivity contribution < 1.29 is 8.42 Å². The summed E-state index contributed by atoms with van der Waals surface area (Å²) in [7, 11) is -3.50. The van der Waals surface area contributed by atoms with Crippen LogP contribution in [0, 0.1) is 12.8 Å². The molecule has 6 nitrogen and oxygen atoms in total. The summed E-state index contributed by atoms with van der Waals surface area (Å²) >= 11 is 0. The maximum atomic E-state index is 12.3. The van der Waals surface area contributed by atoms with Crippen molar-refractivity contribution in [2.45, 2.75) is 57.6 Å². The van der Waals surface area contributed by atoms with Crippen molar-refractivity contribution in [2.75, 3.05) is 13.1 Å². The molecular weight excluding hydrogens is 288 g/mol. The lowest BCUT2D eigenvalue weighted by Gasteiger charge is -2.27. The molecule has 1 fully saturated rings. The molecular formula is C14H26N4O2S. The largest absolute Gasteiger partial charge is 0.334 e. The maximum absolute atomic E-state index is 12.3. The molecule has 21 heavy (non-hydrogen) atoms. The molecule has 1 saturated heterocycles. The lowest BCUT2D eigenvalue weighted by atomic mass is 9.96. The first-order valence-corrected chi connectivity index (χ1v) is 9.17. The third-order valence-electron chi connectivity index (χ3n) is 4.02. The van der Waals surface area contributed by atoms with E-state index in [1.165, 1.54) is 0 Å². The molecule has 2 N–H and O–H groups in total. The van der Waals surface area contributed by atoms with Crippen molar-refractivity contribution in [3.63, 3.8) is 0 Å². The van der Waals surface area contributed by atoms with E-state index in [1.807, 2.05) is 11.5 Å². The lowest BCUT2D eigenvalue weighted by Crippen LogP contribution is -2.42. The molecule has 0 bridgehead atoms. The first kappa shape index (κ1) is 16.5. The fourth-order valence-electron chi connectivity index (χ4n) is 2.61. The average molecular weight is 314 g/mol. The third kappa shape index (κ3) is 4.28. The fourth-order valence-corrected chi connectivity index (χ4v) is 3.73. The minimum Gasteiger partial charge on any atom is -0.334 e. The van der Waals surface area contributed by atoms with Crippen LogP contribution in [0.2, 0.25) is 0 Å². The Balaban J connectivity index is 1.96. The molecule has 1 aliphatic heterocycles. The van der Waals surface area contributed by atoms with E-state index in [2.05, 4.69) is 28.9 Å². The summed E-state index contributed by atoms with van der Waals surface area (Å²) < 4.78 is 29.2. The van der Waals surface area contributed by atoms with Crippen molar-refractivity contribution in [2.24, 2.45) is 5.92 Å². The van der Waals surface area contributed by atoms with Crippen molar-refractivity contribution in [1.29, 1.82) is 0 Å². The number of hydrogen-bond donors (Lipinski definition) is 2. The quantitative estimate of drug-likeness (QED) is 0.829. The predicted molar refractivity (Wildman–Crippen MR) is 82.6 cm³/mol. The smallest absolute Gasteiger partial charge is 0.259 e. The normalized spacial score (nSPS) is 23.4. The number of piperidine rings is 1. The molecule has 1 aliphatic rings. The van der Waals surface area contributed by atoms with E-state index in [0.717, 1.165) is 38.2 Å². The zero-order valence-corrected chi connectivity index (χ0v) is 13.9. The van der Waals surface area contributed by atoms with E-state index in [0.29, 0.717) is 18.5 Å². The average Bonchev–Trinajstić information content (AvgIpc) is 2.81. The Bertz CT molecular complexity index is 560. The third-order valence-corrected chi connectivity index (χ3v) is 5.31. The Morgan fingerprint density at radius 3 is 2.86 bits per heavy atom. The molecule has 0 aromatic carbocycles. The highest BCUT2D eigenvalue weighted by atomic mass is 32.2. The second-order valence-electron chi connectivity index (χ2n) is 5.92. The van der Waals surface area contributed by atoms with Crippen LogP contribution in [0.4, 0.5) is 0 Å². The highest BCUT2D eigenvalue weighted by Gasteiger charge is 2.23. The molecule has 2 atom stereocenters. The highest BCUT2D eigenvalue weighted by molar-refractivity contribution is 7.89. The van der Waals surface area contributed by atoms with Gasteiger partial charge in [-0.05, 0) is 45.6 Å². The summed E-state index contributed by atoms with van der Waals surface area (Å²) in [5.74, 6) is 1.10. The molecule has 0 aliphatic carbocycles. The summed E-state index contributed by atoms with van der Waals surface area (Å²) in [5.41, 5.74) is 0.